The molecule has 0 spiro atoms. The standard InChI is InChI=1S/C11H23NO/c1-11(2,3)10(12-4)9-5-7-13-8-6-9/h9-10,12H,5-8H2,1-4H3. The van der Waals surface area contributed by atoms with Gasteiger partial charge in [0.2, 0.25) is 0 Å². The maximum atomic E-state index is 5.38. The Labute approximate surface area is 82.0 Å². The lowest BCUT2D eigenvalue weighted by atomic mass is 9.76. The molecule has 0 aliphatic carbocycles. The molecule has 1 rings (SSSR count). The molecule has 1 atom stereocenters. The Bertz CT molecular complexity index is 145. The Kier molecular flexibility index (Phi) is 3.74. The Morgan fingerprint density at radius 1 is 1.23 bits per heavy atom. The molecule has 1 unspecified atom stereocenters. The fourth-order valence-electron chi connectivity index (χ4n) is 2.42. The molecular weight excluding hydrogens is 162 g/mol. The van der Waals surface area contributed by atoms with Gasteiger partial charge in [-0.2, -0.15) is 0 Å². The van der Waals surface area contributed by atoms with Gasteiger partial charge in [0.15, 0.2) is 0 Å². The van der Waals surface area contributed by atoms with Crippen molar-refractivity contribution >= 4 is 0 Å². The fourth-order valence-corrected chi connectivity index (χ4v) is 2.42. The summed E-state index contributed by atoms with van der Waals surface area (Å²) in [6.45, 7) is 8.81. The van der Waals surface area contributed by atoms with Gasteiger partial charge in [-0.25, -0.2) is 0 Å². The van der Waals surface area contributed by atoms with Crippen LogP contribution in [0.25, 0.3) is 0 Å². The van der Waals surface area contributed by atoms with Crippen LogP contribution in [0.2, 0.25) is 0 Å². The number of nitrogens with one attached hydrogen (secondary N) is 1. The molecule has 1 fully saturated rings. The minimum absolute atomic E-state index is 0.358. The zero-order chi connectivity index (χ0) is 9.90. The van der Waals surface area contributed by atoms with Gasteiger partial charge in [-0.3, -0.25) is 0 Å². The second kappa shape index (κ2) is 4.43. The van der Waals surface area contributed by atoms with Crippen LogP contribution in [0.15, 0.2) is 0 Å². The predicted molar refractivity (Wildman–Crippen MR) is 55.8 cm³/mol. The molecule has 0 saturated carbocycles. The van der Waals surface area contributed by atoms with Crippen LogP contribution in [-0.2, 0) is 4.74 Å². The fraction of sp³-hybridized carbons (Fsp3) is 1.00. The quantitative estimate of drug-likeness (QED) is 0.711. The van der Waals surface area contributed by atoms with Crippen LogP contribution in [0.3, 0.4) is 0 Å². The largest absolute Gasteiger partial charge is 0.381 e. The van der Waals surface area contributed by atoms with E-state index in [0.29, 0.717) is 11.5 Å². The molecule has 0 amide bonds. The Balaban J connectivity index is 2.54. The summed E-state index contributed by atoms with van der Waals surface area (Å²) in [5.41, 5.74) is 0.358. The van der Waals surface area contributed by atoms with E-state index in [1.54, 1.807) is 0 Å². The molecule has 2 heteroatoms. The highest BCUT2D eigenvalue weighted by Crippen LogP contribution is 2.30. The van der Waals surface area contributed by atoms with Crippen LogP contribution >= 0.6 is 0 Å². The minimum atomic E-state index is 0.358. The van der Waals surface area contributed by atoms with Gasteiger partial charge in [-0.05, 0) is 31.2 Å². The normalized spacial score (nSPS) is 23.1. The highest BCUT2D eigenvalue weighted by molar-refractivity contribution is 4.86. The van der Waals surface area contributed by atoms with Gasteiger partial charge in [-0.15, -0.1) is 0 Å². The van der Waals surface area contributed by atoms with Gasteiger partial charge in [0.1, 0.15) is 0 Å². The summed E-state index contributed by atoms with van der Waals surface area (Å²) in [7, 11) is 2.07. The highest BCUT2D eigenvalue weighted by atomic mass is 16.5. The predicted octanol–water partition coefficient (Wildman–Crippen LogP) is 2.05. The van der Waals surface area contributed by atoms with E-state index in [1.807, 2.05) is 0 Å². The molecule has 0 aromatic carbocycles. The third kappa shape index (κ3) is 2.96. The lowest BCUT2D eigenvalue weighted by Crippen LogP contribution is -2.45. The van der Waals surface area contributed by atoms with Crippen LogP contribution < -0.4 is 5.32 Å². The van der Waals surface area contributed by atoms with Crippen molar-refractivity contribution in [3.8, 4) is 0 Å². The third-order valence-corrected chi connectivity index (χ3v) is 2.98. The summed E-state index contributed by atoms with van der Waals surface area (Å²) in [5.74, 6) is 0.791. The molecule has 13 heavy (non-hydrogen) atoms. The van der Waals surface area contributed by atoms with E-state index in [4.69, 9.17) is 4.74 Å². The first kappa shape index (κ1) is 11.0. The van der Waals surface area contributed by atoms with Gasteiger partial charge in [0.25, 0.3) is 0 Å². The Morgan fingerprint density at radius 3 is 2.15 bits per heavy atom. The van der Waals surface area contributed by atoms with Gasteiger partial charge in [0, 0.05) is 19.3 Å². The van der Waals surface area contributed by atoms with Gasteiger partial charge in [-0.1, -0.05) is 20.8 Å². The maximum Gasteiger partial charge on any atom is 0.0469 e. The van der Waals surface area contributed by atoms with E-state index in [-0.39, 0.29) is 0 Å². The highest BCUT2D eigenvalue weighted by Gasteiger charge is 2.31. The summed E-state index contributed by atoms with van der Waals surface area (Å²) in [6.07, 6.45) is 2.42. The van der Waals surface area contributed by atoms with E-state index in [1.165, 1.54) is 12.8 Å². The maximum absolute atomic E-state index is 5.38. The van der Waals surface area contributed by atoms with Crippen molar-refractivity contribution in [3.05, 3.63) is 0 Å². The molecule has 0 aromatic rings. The first-order valence-electron chi connectivity index (χ1n) is 5.30. The average molecular weight is 185 g/mol. The average Bonchev–Trinajstić information content (AvgIpc) is 2.05. The van der Waals surface area contributed by atoms with Crippen molar-refractivity contribution in [1.82, 2.24) is 5.32 Å². The van der Waals surface area contributed by atoms with Crippen molar-refractivity contribution in [1.29, 1.82) is 0 Å². The molecule has 2 nitrogen and oxygen atoms in total. The monoisotopic (exact) mass is 185 g/mol. The summed E-state index contributed by atoms with van der Waals surface area (Å²) in [4.78, 5) is 0. The zero-order valence-electron chi connectivity index (χ0n) is 9.39. The smallest absolute Gasteiger partial charge is 0.0469 e. The lowest BCUT2D eigenvalue weighted by molar-refractivity contribution is 0.0366. The zero-order valence-corrected chi connectivity index (χ0v) is 9.39. The molecule has 0 aromatic heterocycles. The number of hydrogen-bond acceptors (Lipinski definition) is 2. The van der Waals surface area contributed by atoms with Crippen molar-refractivity contribution in [2.24, 2.45) is 11.3 Å². The van der Waals surface area contributed by atoms with Crippen LogP contribution in [0.5, 0.6) is 0 Å². The van der Waals surface area contributed by atoms with Crippen LogP contribution in [0.1, 0.15) is 33.6 Å². The summed E-state index contributed by atoms with van der Waals surface area (Å²) < 4.78 is 5.38. The van der Waals surface area contributed by atoms with Crippen molar-refractivity contribution in [2.45, 2.75) is 39.7 Å². The van der Waals surface area contributed by atoms with Crippen molar-refractivity contribution < 1.29 is 4.74 Å². The van der Waals surface area contributed by atoms with Gasteiger partial charge in [0.05, 0.1) is 0 Å². The number of rotatable bonds is 2. The minimum Gasteiger partial charge on any atom is -0.381 e. The Hall–Kier alpha value is -0.0800. The van der Waals surface area contributed by atoms with E-state index in [2.05, 4.69) is 33.1 Å². The second-order valence-corrected chi connectivity index (χ2v) is 5.08. The van der Waals surface area contributed by atoms with Crippen LogP contribution in [0.4, 0.5) is 0 Å². The van der Waals surface area contributed by atoms with Gasteiger partial charge < -0.3 is 10.1 Å². The molecule has 1 N–H and O–H groups in total. The SMILES string of the molecule is CNC(C1CCOCC1)C(C)(C)C. The second-order valence-electron chi connectivity index (χ2n) is 5.08. The first-order chi connectivity index (χ1) is 6.05. The number of ether oxygens (including phenoxy) is 1. The lowest BCUT2D eigenvalue weighted by Gasteiger charge is -2.38. The van der Waals surface area contributed by atoms with E-state index < -0.39 is 0 Å². The topological polar surface area (TPSA) is 21.3 Å². The molecule has 0 radical (unpaired) electrons. The third-order valence-electron chi connectivity index (χ3n) is 2.98. The summed E-state index contributed by atoms with van der Waals surface area (Å²) in [5, 5.41) is 3.46. The molecule has 1 aliphatic heterocycles. The van der Waals surface area contributed by atoms with Crippen LogP contribution in [0, 0.1) is 11.3 Å². The number of hydrogen-bond donors (Lipinski definition) is 1. The molecule has 0 bridgehead atoms. The van der Waals surface area contributed by atoms with E-state index in [9.17, 15) is 0 Å². The summed E-state index contributed by atoms with van der Waals surface area (Å²) in [6, 6.07) is 0.622. The van der Waals surface area contributed by atoms with Crippen molar-refractivity contribution in [2.75, 3.05) is 20.3 Å². The summed E-state index contributed by atoms with van der Waals surface area (Å²) >= 11 is 0. The van der Waals surface area contributed by atoms with E-state index in [0.717, 1.165) is 19.1 Å². The Morgan fingerprint density at radius 2 is 1.77 bits per heavy atom. The van der Waals surface area contributed by atoms with Crippen LogP contribution in [-0.4, -0.2) is 26.3 Å². The first-order valence-corrected chi connectivity index (χ1v) is 5.30. The van der Waals surface area contributed by atoms with Crippen molar-refractivity contribution in [3.63, 3.8) is 0 Å². The van der Waals surface area contributed by atoms with E-state index >= 15 is 0 Å². The van der Waals surface area contributed by atoms with Gasteiger partial charge >= 0.3 is 0 Å². The molecule has 1 aliphatic rings. The molecule has 78 valence electrons. The molecule has 1 saturated heterocycles. The molecule has 1 heterocycles. The molecular formula is C11H23NO.